The predicted molar refractivity (Wildman–Crippen MR) is 84.7 cm³/mol. The molecule has 0 atom stereocenters. The van der Waals surface area contributed by atoms with Crippen molar-refractivity contribution >= 4 is 10.0 Å². The molecule has 1 aromatic rings. The molecule has 120 valence electrons. The molecule has 1 N–H and O–H groups in total. The Morgan fingerprint density at radius 2 is 2.05 bits per heavy atom. The fraction of sp³-hybridized carbons (Fsp3) is 0.600. The van der Waals surface area contributed by atoms with Gasteiger partial charge in [-0.1, -0.05) is 19.1 Å². The molecule has 0 spiro atoms. The normalized spacial score (nSPS) is 12.3. The Labute approximate surface area is 128 Å². The van der Waals surface area contributed by atoms with E-state index in [9.17, 15) is 8.42 Å². The second-order valence-electron chi connectivity index (χ2n) is 5.13. The molecule has 0 aromatic heterocycles. The highest BCUT2D eigenvalue weighted by Gasteiger charge is 2.26. The lowest BCUT2D eigenvalue weighted by Gasteiger charge is -2.25. The molecule has 5 nitrogen and oxygen atoms in total. The smallest absolute Gasteiger partial charge is 0.243 e. The summed E-state index contributed by atoms with van der Waals surface area (Å²) in [6, 6.07) is 6.99. The summed E-state index contributed by atoms with van der Waals surface area (Å²) in [6.45, 7) is 8.02. The molecule has 0 fully saturated rings. The Morgan fingerprint density at radius 1 is 1.33 bits per heavy atom. The lowest BCUT2D eigenvalue weighted by molar-refractivity contribution is 0.171. The van der Waals surface area contributed by atoms with Crippen LogP contribution >= 0.6 is 0 Å². The molecule has 0 saturated carbocycles. The number of ether oxygens (including phenoxy) is 1. The maximum atomic E-state index is 12.8. The van der Waals surface area contributed by atoms with Crippen LogP contribution in [0, 0.1) is 0 Å². The van der Waals surface area contributed by atoms with Crippen LogP contribution in [0.3, 0.4) is 0 Å². The van der Waals surface area contributed by atoms with Crippen molar-refractivity contribution in [3.8, 4) is 0 Å². The summed E-state index contributed by atoms with van der Waals surface area (Å²) in [4.78, 5) is 0.336. The Balaban J connectivity index is 3.04. The SMILES string of the molecule is CCNCc1cccc(S(=O)(=O)N(CCOC)C(C)C)c1. The molecule has 0 unspecified atom stereocenters. The maximum absolute atomic E-state index is 12.8. The van der Waals surface area contributed by atoms with Crippen LogP contribution in [-0.4, -0.2) is 45.6 Å². The van der Waals surface area contributed by atoms with E-state index in [1.165, 1.54) is 4.31 Å². The molecular weight excluding hydrogens is 288 g/mol. The average Bonchev–Trinajstić information content (AvgIpc) is 2.45. The van der Waals surface area contributed by atoms with Gasteiger partial charge in [0, 0.05) is 26.2 Å². The van der Waals surface area contributed by atoms with Crippen LogP contribution in [0.2, 0.25) is 0 Å². The van der Waals surface area contributed by atoms with E-state index in [4.69, 9.17) is 4.74 Å². The van der Waals surface area contributed by atoms with Gasteiger partial charge in [0.1, 0.15) is 0 Å². The number of hydrogen-bond donors (Lipinski definition) is 1. The molecule has 0 aliphatic rings. The van der Waals surface area contributed by atoms with E-state index >= 15 is 0 Å². The number of benzene rings is 1. The summed E-state index contributed by atoms with van der Waals surface area (Å²) in [6.07, 6.45) is 0. The van der Waals surface area contributed by atoms with Gasteiger partial charge in [-0.3, -0.25) is 0 Å². The zero-order chi connectivity index (χ0) is 15.9. The first-order chi connectivity index (χ1) is 9.93. The summed E-state index contributed by atoms with van der Waals surface area (Å²) < 4.78 is 32.0. The van der Waals surface area contributed by atoms with Gasteiger partial charge < -0.3 is 10.1 Å². The van der Waals surface area contributed by atoms with E-state index in [1.807, 2.05) is 26.8 Å². The molecule has 0 amide bonds. The number of methoxy groups -OCH3 is 1. The molecule has 6 heteroatoms. The molecule has 1 rings (SSSR count). The van der Waals surface area contributed by atoms with Crippen LogP contribution in [0.15, 0.2) is 29.2 Å². The van der Waals surface area contributed by atoms with E-state index in [2.05, 4.69) is 5.32 Å². The minimum Gasteiger partial charge on any atom is -0.383 e. The van der Waals surface area contributed by atoms with Crippen molar-refractivity contribution in [2.45, 2.75) is 38.3 Å². The molecule has 21 heavy (non-hydrogen) atoms. The van der Waals surface area contributed by atoms with Crippen LogP contribution in [0.1, 0.15) is 26.3 Å². The minimum absolute atomic E-state index is 0.109. The Hall–Kier alpha value is -0.950. The predicted octanol–water partition coefficient (Wildman–Crippen LogP) is 1.84. The third-order valence-corrected chi connectivity index (χ3v) is 5.25. The number of hydrogen-bond acceptors (Lipinski definition) is 4. The van der Waals surface area contributed by atoms with Gasteiger partial charge in [-0.25, -0.2) is 8.42 Å². The third kappa shape index (κ3) is 5.07. The molecule has 0 aliphatic carbocycles. The summed E-state index contributed by atoms with van der Waals surface area (Å²) in [5.41, 5.74) is 0.966. The number of sulfonamides is 1. The molecule has 1 aromatic carbocycles. The zero-order valence-corrected chi connectivity index (χ0v) is 14.1. The second kappa shape index (κ2) is 8.48. The molecule has 0 heterocycles. The highest BCUT2D eigenvalue weighted by molar-refractivity contribution is 7.89. The van der Waals surface area contributed by atoms with Crippen LogP contribution in [0.5, 0.6) is 0 Å². The highest BCUT2D eigenvalue weighted by Crippen LogP contribution is 2.19. The summed E-state index contributed by atoms with van der Waals surface area (Å²) in [5.74, 6) is 0. The van der Waals surface area contributed by atoms with Crippen molar-refractivity contribution in [2.75, 3.05) is 26.8 Å². The van der Waals surface area contributed by atoms with E-state index in [-0.39, 0.29) is 6.04 Å². The molecule has 0 saturated heterocycles. The lowest BCUT2D eigenvalue weighted by Crippen LogP contribution is -2.39. The zero-order valence-electron chi connectivity index (χ0n) is 13.3. The van der Waals surface area contributed by atoms with Crippen molar-refractivity contribution in [3.63, 3.8) is 0 Å². The second-order valence-corrected chi connectivity index (χ2v) is 7.02. The standard InChI is InChI=1S/C15H26N2O3S/c1-5-16-12-14-7-6-8-15(11-14)21(18,19)17(13(2)3)9-10-20-4/h6-8,11,13,16H,5,9-10,12H2,1-4H3. The Bertz CT molecular complexity index is 529. The van der Waals surface area contributed by atoms with Crippen molar-refractivity contribution in [1.82, 2.24) is 9.62 Å². The number of nitrogens with zero attached hydrogens (tertiary/aromatic N) is 1. The van der Waals surface area contributed by atoms with Gasteiger partial charge in [-0.15, -0.1) is 0 Å². The van der Waals surface area contributed by atoms with Crippen molar-refractivity contribution in [1.29, 1.82) is 0 Å². The van der Waals surface area contributed by atoms with Gasteiger partial charge >= 0.3 is 0 Å². The highest BCUT2D eigenvalue weighted by atomic mass is 32.2. The van der Waals surface area contributed by atoms with Crippen LogP contribution in [0.4, 0.5) is 0 Å². The van der Waals surface area contributed by atoms with Gasteiger partial charge in [0.25, 0.3) is 0 Å². The van der Waals surface area contributed by atoms with Crippen molar-refractivity contribution in [3.05, 3.63) is 29.8 Å². The fourth-order valence-corrected chi connectivity index (χ4v) is 3.75. The summed E-state index contributed by atoms with van der Waals surface area (Å²) in [5, 5.41) is 3.20. The first kappa shape index (κ1) is 18.1. The first-order valence-electron chi connectivity index (χ1n) is 7.24. The van der Waals surface area contributed by atoms with Crippen LogP contribution in [-0.2, 0) is 21.3 Å². The van der Waals surface area contributed by atoms with E-state index < -0.39 is 10.0 Å². The molecular formula is C15H26N2O3S. The third-order valence-electron chi connectivity index (χ3n) is 3.18. The quantitative estimate of drug-likeness (QED) is 0.755. The Kier molecular flexibility index (Phi) is 7.31. The van der Waals surface area contributed by atoms with Crippen LogP contribution in [0.25, 0.3) is 0 Å². The van der Waals surface area contributed by atoms with Crippen LogP contribution < -0.4 is 5.32 Å². The molecule has 0 aliphatic heterocycles. The van der Waals surface area contributed by atoms with Crippen molar-refractivity contribution < 1.29 is 13.2 Å². The summed E-state index contributed by atoms with van der Waals surface area (Å²) >= 11 is 0. The first-order valence-corrected chi connectivity index (χ1v) is 8.68. The van der Waals surface area contributed by atoms with Gasteiger partial charge in [0.2, 0.25) is 10.0 Å². The van der Waals surface area contributed by atoms with Crippen molar-refractivity contribution in [2.24, 2.45) is 0 Å². The Morgan fingerprint density at radius 3 is 2.62 bits per heavy atom. The van der Waals surface area contributed by atoms with Gasteiger partial charge in [0.05, 0.1) is 11.5 Å². The lowest BCUT2D eigenvalue weighted by atomic mass is 10.2. The van der Waals surface area contributed by atoms with Gasteiger partial charge in [0.15, 0.2) is 0 Å². The monoisotopic (exact) mass is 314 g/mol. The van der Waals surface area contributed by atoms with Gasteiger partial charge in [-0.2, -0.15) is 4.31 Å². The topological polar surface area (TPSA) is 58.6 Å². The number of nitrogens with one attached hydrogen (secondary N) is 1. The molecule has 0 bridgehead atoms. The maximum Gasteiger partial charge on any atom is 0.243 e. The van der Waals surface area contributed by atoms with E-state index in [0.717, 1.165) is 12.1 Å². The minimum atomic E-state index is -3.49. The largest absolute Gasteiger partial charge is 0.383 e. The van der Waals surface area contributed by atoms with E-state index in [0.29, 0.717) is 24.6 Å². The fourth-order valence-electron chi connectivity index (χ4n) is 2.06. The van der Waals surface area contributed by atoms with E-state index in [1.54, 1.807) is 25.3 Å². The summed E-state index contributed by atoms with van der Waals surface area (Å²) in [7, 11) is -1.92. The number of rotatable bonds is 9. The average molecular weight is 314 g/mol. The molecule has 0 radical (unpaired) electrons. The van der Waals surface area contributed by atoms with Gasteiger partial charge in [-0.05, 0) is 38.1 Å².